The Bertz CT molecular complexity index is 669. The Balaban J connectivity index is 1.70. The summed E-state index contributed by atoms with van der Waals surface area (Å²) >= 11 is 0. The van der Waals surface area contributed by atoms with E-state index in [0.717, 1.165) is 0 Å². The van der Waals surface area contributed by atoms with Crippen LogP contribution in [-0.2, 0) is 4.74 Å². The maximum atomic E-state index is 13.3. The van der Waals surface area contributed by atoms with E-state index in [1.54, 1.807) is 17.2 Å². The number of aromatic nitrogens is 2. The minimum Gasteiger partial charge on any atom is -0.469 e. The van der Waals surface area contributed by atoms with Crippen molar-refractivity contribution in [1.82, 2.24) is 14.9 Å². The van der Waals surface area contributed by atoms with Gasteiger partial charge in [-0.05, 0) is 18.2 Å². The second-order valence-corrected chi connectivity index (χ2v) is 5.12. The van der Waals surface area contributed by atoms with Crippen molar-refractivity contribution in [3.63, 3.8) is 0 Å². The molecule has 1 saturated heterocycles. The normalized spacial score (nSPS) is 18.3. The maximum Gasteiger partial charge on any atom is 0.254 e. The average molecular weight is 317 g/mol. The highest BCUT2D eigenvalue weighted by Gasteiger charge is 2.25. The Morgan fingerprint density at radius 3 is 3.09 bits per heavy atom. The number of benzene rings is 1. The van der Waals surface area contributed by atoms with Crippen molar-refractivity contribution >= 4 is 5.91 Å². The largest absolute Gasteiger partial charge is 0.469 e. The highest BCUT2D eigenvalue weighted by atomic mass is 19.1. The Hall–Kier alpha value is -2.54. The van der Waals surface area contributed by atoms with E-state index in [1.807, 2.05) is 0 Å². The Morgan fingerprint density at radius 1 is 1.39 bits per heavy atom. The molecule has 1 atom stereocenters. The molecular formula is C16H16FN3O3. The number of carbonyl (C=O) groups is 1. The van der Waals surface area contributed by atoms with Crippen LogP contribution >= 0.6 is 0 Å². The fourth-order valence-corrected chi connectivity index (χ4v) is 2.36. The van der Waals surface area contributed by atoms with Crippen LogP contribution in [0.3, 0.4) is 0 Å². The lowest BCUT2D eigenvalue weighted by molar-refractivity contribution is 0.0631. The van der Waals surface area contributed by atoms with E-state index in [1.165, 1.54) is 30.6 Å². The lowest BCUT2D eigenvalue weighted by atomic mass is 10.2. The first kappa shape index (κ1) is 15.4. The van der Waals surface area contributed by atoms with Gasteiger partial charge in [-0.2, -0.15) is 0 Å². The SMILES string of the molecule is O=C(c1cccc(F)c1)N1CCOCC(Oc2cnccn2)C1. The third-order valence-corrected chi connectivity index (χ3v) is 3.42. The van der Waals surface area contributed by atoms with Gasteiger partial charge in [0.25, 0.3) is 5.91 Å². The fraction of sp³-hybridized carbons (Fsp3) is 0.312. The van der Waals surface area contributed by atoms with E-state index < -0.39 is 5.82 Å². The molecule has 1 unspecified atom stereocenters. The number of hydrogen-bond acceptors (Lipinski definition) is 5. The van der Waals surface area contributed by atoms with E-state index in [9.17, 15) is 9.18 Å². The molecule has 0 bridgehead atoms. The second kappa shape index (κ2) is 7.15. The van der Waals surface area contributed by atoms with Crippen LogP contribution in [0.1, 0.15) is 10.4 Å². The van der Waals surface area contributed by atoms with Crippen molar-refractivity contribution in [3.05, 3.63) is 54.2 Å². The molecule has 1 aromatic heterocycles. The van der Waals surface area contributed by atoms with Crippen molar-refractivity contribution in [2.24, 2.45) is 0 Å². The van der Waals surface area contributed by atoms with Crippen LogP contribution in [0.15, 0.2) is 42.9 Å². The van der Waals surface area contributed by atoms with Gasteiger partial charge in [0.15, 0.2) is 0 Å². The Morgan fingerprint density at radius 2 is 2.30 bits per heavy atom. The van der Waals surface area contributed by atoms with Crippen molar-refractivity contribution in [1.29, 1.82) is 0 Å². The predicted molar refractivity (Wildman–Crippen MR) is 79.6 cm³/mol. The minimum absolute atomic E-state index is 0.247. The zero-order valence-corrected chi connectivity index (χ0v) is 12.4. The third-order valence-electron chi connectivity index (χ3n) is 3.42. The first-order chi connectivity index (χ1) is 11.2. The fourth-order valence-electron chi connectivity index (χ4n) is 2.36. The quantitative estimate of drug-likeness (QED) is 0.859. The predicted octanol–water partition coefficient (Wildman–Crippen LogP) is 1.54. The van der Waals surface area contributed by atoms with E-state index in [2.05, 4.69) is 9.97 Å². The average Bonchev–Trinajstić information content (AvgIpc) is 2.81. The zero-order valence-electron chi connectivity index (χ0n) is 12.4. The third kappa shape index (κ3) is 4.01. The van der Waals surface area contributed by atoms with Gasteiger partial charge in [-0.25, -0.2) is 9.37 Å². The van der Waals surface area contributed by atoms with Gasteiger partial charge in [0.05, 0.1) is 26.0 Å². The molecule has 1 aliphatic rings. The molecule has 1 amide bonds. The van der Waals surface area contributed by atoms with Crippen LogP contribution in [0.2, 0.25) is 0 Å². The molecule has 0 saturated carbocycles. The molecule has 0 radical (unpaired) electrons. The smallest absolute Gasteiger partial charge is 0.254 e. The number of ether oxygens (including phenoxy) is 2. The molecule has 23 heavy (non-hydrogen) atoms. The van der Waals surface area contributed by atoms with Crippen molar-refractivity contribution < 1.29 is 18.7 Å². The molecule has 0 N–H and O–H groups in total. The van der Waals surface area contributed by atoms with E-state index >= 15 is 0 Å². The number of amides is 1. The van der Waals surface area contributed by atoms with Crippen molar-refractivity contribution in [2.75, 3.05) is 26.3 Å². The molecule has 0 aliphatic carbocycles. The molecule has 1 aromatic carbocycles. The summed E-state index contributed by atoms with van der Waals surface area (Å²) in [5.74, 6) is -0.307. The van der Waals surface area contributed by atoms with Crippen LogP contribution in [0.4, 0.5) is 4.39 Å². The summed E-state index contributed by atoms with van der Waals surface area (Å²) in [4.78, 5) is 22.1. The molecule has 3 rings (SSSR count). The monoisotopic (exact) mass is 317 g/mol. The van der Waals surface area contributed by atoms with Crippen LogP contribution in [-0.4, -0.2) is 53.2 Å². The van der Waals surface area contributed by atoms with E-state index in [4.69, 9.17) is 9.47 Å². The zero-order chi connectivity index (χ0) is 16.1. The van der Waals surface area contributed by atoms with Crippen molar-refractivity contribution in [3.8, 4) is 5.88 Å². The molecule has 2 heterocycles. The first-order valence-electron chi connectivity index (χ1n) is 7.27. The van der Waals surface area contributed by atoms with Crippen LogP contribution < -0.4 is 4.74 Å². The maximum absolute atomic E-state index is 13.3. The van der Waals surface area contributed by atoms with Crippen LogP contribution in [0.5, 0.6) is 5.88 Å². The van der Waals surface area contributed by atoms with Crippen LogP contribution in [0.25, 0.3) is 0 Å². The highest BCUT2D eigenvalue weighted by Crippen LogP contribution is 2.13. The lowest BCUT2D eigenvalue weighted by Crippen LogP contribution is -2.40. The molecule has 120 valence electrons. The Kier molecular flexibility index (Phi) is 4.77. The molecule has 6 nitrogen and oxygen atoms in total. The number of rotatable bonds is 3. The standard InChI is InChI=1S/C16H16FN3O3/c17-13-3-1-2-12(8-13)16(21)20-6-7-22-11-14(10-20)23-15-9-18-4-5-19-15/h1-5,8-9,14H,6-7,10-11H2. The molecule has 2 aromatic rings. The van der Waals surface area contributed by atoms with Gasteiger partial charge in [-0.15, -0.1) is 0 Å². The summed E-state index contributed by atoms with van der Waals surface area (Å²) in [6.45, 7) is 1.52. The minimum atomic E-state index is -0.436. The number of carbonyl (C=O) groups excluding carboxylic acids is 1. The molecule has 1 aliphatic heterocycles. The first-order valence-corrected chi connectivity index (χ1v) is 7.27. The van der Waals surface area contributed by atoms with Crippen LogP contribution in [0, 0.1) is 5.82 Å². The summed E-state index contributed by atoms with van der Waals surface area (Å²) in [5.41, 5.74) is 0.310. The molecule has 1 fully saturated rings. The van der Waals surface area contributed by atoms with Gasteiger partial charge in [-0.1, -0.05) is 6.07 Å². The summed E-state index contributed by atoms with van der Waals surface area (Å²) < 4.78 is 24.5. The van der Waals surface area contributed by atoms with Crippen molar-refractivity contribution in [2.45, 2.75) is 6.10 Å². The summed E-state index contributed by atoms with van der Waals surface area (Å²) in [6.07, 6.45) is 4.23. The Labute approximate surface area is 132 Å². The van der Waals surface area contributed by atoms with Gasteiger partial charge in [0, 0.05) is 24.5 Å². The molecular weight excluding hydrogens is 301 g/mol. The topological polar surface area (TPSA) is 64.6 Å². The molecule has 0 spiro atoms. The summed E-state index contributed by atoms with van der Waals surface area (Å²) in [5, 5.41) is 0. The lowest BCUT2D eigenvalue weighted by Gasteiger charge is -2.23. The number of nitrogens with zero attached hydrogens (tertiary/aromatic N) is 3. The van der Waals surface area contributed by atoms with Gasteiger partial charge < -0.3 is 14.4 Å². The summed E-state index contributed by atoms with van der Waals surface area (Å²) in [6, 6.07) is 5.65. The van der Waals surface area contributed by atoms with Gasteiger partial charge in [0.2, 0.25) is 5.88 Å². The highest BCUT2D eigenvalue weighted by molar-refractivity contribution is 5.94. The van der Waals surface area contributed by atoms with Gasteiger partial charge in [-0.3, -0.25) is 9.78 Å². The molecule has 7 heteroatoms. The van der Waals surface area contributed by atoms with Gasteiger partial charge in [0.1, 0.15) is 11.9 Å². The second-order valence-electron chi connectivity index (χ2n) is 5.12. The van der Waals surface area contributed by atoms with E-state index in [-0.39, 0.29) is 12.0 Å². The number of hydrogen-bond donors (Lipinski definition) is 0. The van der Waals surface area contributed by atoms with Gasteiger partial charge >= 0.3 is 0 Å². The summed E-state index contributed by atoms with van der Waals surface area (Å²) in [7, 11) is 0. The van der Waals surface area contributed by atoms with E-state index in [0.29, 0.717) is 37.7 Å². The number of halogens is 1.